The monoisotopic (exact) mass is 231 g/mol. The Morgan fingerprint density at radius 2 is 2.00 bits per heavy atom. The van der Waals surface area contributed by atoms with Gasteiger partial charge < -0.3 is 10.3 Å². The molecule has 0 spiro atoms. The number of aromatic nitrogens is 2. The van der Waals surface area contributed by atoms with Gasteiger partial charge in [0.2, 0.25) is 11.7 Å². The van der Waals surface area contributed by atoms with Gasteiger partial charge in [-0.2, -0.15) is 4.98 Å². The molecule has 0 radical (unpaired) electrons. The van der Waals surface area contributed by atoms with Crippen LogP contribution in [0.25, 0.3) is 11.4 Å². The van der Waals surface area contributed by atoms with E-state index in [-0.39, 0.29) is 5.41 Å². The Morgan fingerprint density at radius 3 is 2.65 bits per heavy atom. The summed E-state index contributed by atoms with van der Waals surface area (Å²) in [5.74, 6) is 1.21. The average molecular weight is 231 g/mol. The van der Waals surface area contributed by atoms with E-state index in [0.717, 1.165) is 11.1 Å². The van der Waals surface area contributed by atoms with Crippen LogP contribution in [0.1, 0.15) is 25.3 Å². The first-order valence-electron chi connectivity index (χ1n) is 5.65. The molecule has 0 bridgehead atoms. The molecular weight excluding hydrogens is 214 g/mol. The van der Waals surface area contributed by atoms with Gasteiger partial charge in [0.15, 0.2) is 0 Å². The number of hydrogen-bond acceptors (Lipinski definition) is 4. The molecule has 1 heterocycles. The number of nitrogens with zero attached hydrogens (tertiary/aromatic N) is 2. The lowest BCUT2D eigenvalue weighted by atomic mass is 9.94. The summed E-state index contributed by atoms with van der Waals surface area (Å²) >= 11 is 0. The first-order chi connectivity index (χ1) is 8.04. The molecule has 2 aromatic rings. The third kappa shape index (κ3) is 2.22. The maximum absolute atomic E-state index is 5.69. The van der Waals surface area contributed by atoms with Crippen molar-refractivity contribution >= 4 is 0 Å². The van der Waals surface area contributed by atoms with Crippen molar-refractivity contribution in [1.82, 2.24) is 10.1 Å². The third-order valence-corrected chi connectivity index (χ3v) is 2.90. The van der Waals surface area contributed by atoms with E-state index < -0.39 is 0 Å². The minimum Gasteiger partial charge on any atom is -0.338 e. The van der Waals surface area contributed by atoms with Gasteiger partial charge in [0.1, 0.15) is 0 Å². The van der Waals surface area contributed by atoms with Crippen molar-refractivity contribution < 1.29 is 4.52 Å². The summed E-state index contributed by atoms with van der Waals surface area (Å²) in [5.41, 5.74) is 7.53. The lowest BCUT2D eigenvalue weighted by Crippen LogP contribution is -2.28. The fraction of sp³-hybridized carbons (Fsp3) is 0.385. The molecule has 0 saturated carbocycles. The van der Waals surface area contributed by atoms with Gasteiger partial charge in [-0.1, -0.05) is 29.4 Å². The second kappa shape index (κ2) is 4.30. The summed E-state index contributed by atoms with van der Waals surface area (Å²) in [6.45, 7) is 6.48. The zero-order chi connectivity index (χ0) is 12.5. The van der Waals surface area contributed by atoms with Crippen molar-refractivity contribution in [1.29, 1.82) is 0 Å². The Balaban J connectivity index is 2.40. The van der Waals surface area contributed by atoms with Crippen LogP contribution in [-0.2, 0) is 5.41 Å². The average Bonchev–Trinajstić information content (AvgIpc) is 2.79. The van der Waals surface area contributed by atoms with E-state index in [1.165, 1.54) is 0 Å². The van der Waals surface area contributed by atoms with Crippen LogP contribution in [0, 0.1) is 6.92 Å². The van der Waals surface area contributed by atoms with Gasteiger partial charge in [0.05, 0.1) is 5.41 Å². The first kappa shape index (κ1) is 11.8. The molecule has 4 nitrogen and oxygen atoms in total. The molecule has 0 atom stereocenters. The number of aryl methyl sites for hydroxylation is 1. The van der Waals surface area contributed by atoms with Crippen LogP contribution in [0.2, 0.25) is 0 Å². The van der Waals surface area contributed by atoms with Crippen molar-refractivity contribution in [2.24, 2.45) is 5.73 Å². The molecule has 2 rings (SSSR count). The minimum atomic E-state index is -0.284. The van der Waals surface area contributed by atoms with Crippen LogP contribution in [0.15, 0.2) is 28.8 Å². The summed E-state index contributed by atoms with van der Waals surface area (Å²) in [6, 6.07) is 7.97. The molecule has 0 aliphatic heterocycles. The molecule has 0 fully saturated rings. The fourth-order valence-corrected chi connectivity index (χ4v) is 1.52. The summed E-state index contributed by atoms with van der Waals surface area (Å²) in [5, 5.41) is 4.02. The number of rotatable bonds is 3. The van der Waals surface area contributed by atoms with Crippen molar-refractivity contribution in [3.8, 4) is 11.4 Å². The lowest BCUT2D eigenvalue weighted by Gasteiger charge is -2.15. The van der Waals surface area contributed by atoms with Crippen molar-refractivity contribution in [2.75, 3.05) is 6.54 Å². The summed E-state index contributed by atoms with van der Waals surface area (Å²) in [6.07, 6.45) is 0. The van der Waals surface area contributed by atoms with E-state index in [9.17, 15) is 0 Å². The van der Waals surface area contributed by atoms with Crippen LogP contribution >= 0.6 is 0 Å². The van der Waals surface area contributed by atoms with Crippen molar-refractivity contribution in [2.45, 2.75) is 26.2 Å². The topological polar surface area (TPSA) is 64.9 Å². The Hall–Kier alpha value is -1.68. The molecule has 0 amide bonds. The van der Waals surface area contributed by atoms with E-state index in [4.69, 9.17) is 10.3 Å². The van der Waals surface area contributed by atoms with Crippen LogP contribution in [0.4, 0.5) is 0 Å². The Bertz CT molecular complexity index is 517. The van der Waals surface area contributed by atoms with Gasteiger partial charge in [-0.25, -0.2) is 0 Å². The molecule has 90 valence electrons. The summed E-state index contributed by atoms with van der Waals surface area (Å²) < 4.78 is 5.29. The first-order valence-corrected chi connectivity index (χ1v) is 5.65. The zero-order valence-corrected chi connectivity index (χ0v) is 10.4. The van der Waals surface area contributed by atoms with Gasteiger partial charge >= 0.3 is 0 Å². The van der Waals surface area contributed by atoms with Crippen LogP contribution in [0.5, 0.6) is 0 Å². The predicted molar refractivity (Wildman–Crippen MR) is 66.6 cm³/mol. The lowest BCUT2D eigenvalue weighted by molar-refractivity contribution is 0.311. The normalized spacial score (nSPS) is 11.8. The Labute approximate surface area is 101 Å². The third-order valence-electron chi connectivity index (χ3n) is 2.90. The van der Waals surface area contributed by atoms with Crippen LogP contribution < -0.4 is 5.73 Å². The predicted octanol–water partition coefficient (Wildman–Crippen LogP) is 2.28. The van der Waals surface area contributed by atoms with Crippen LogP contribution in [-0.4, -0.2) is 16.7 Å². The highest BCUT2D eigenvalue weighted by Gasteiger charge is 2.26. The molecular formula is C13H17N3O. The second-order valence-corrected chi connectivity index (χ2v) is 4.83. The van der Waals surface area contributed by atoms with E-state index in [2.05, 4.69) is 10.1 Å². The largest absolute Gasteiger partial charge is 0.338 e. The number of benzene rings is 1. The Kier molecular flexibility index (Phi) is 2.98. The number of hydrogen-bond donors (Lipinski definition) is 1. The Morgan fingerprint density at radius 1 is 1.29 bits per heavy atom. The van der Waals surface area contributed by atoms with Gasteiger partial charge in [-0.15, -0.1) is 0 Å². The maximum atomic E-state index is 5.69. The highest BCUT2D eigenvalue weighted by atomic mass is 16.5. The SMILES string of the molecule is Cc1ccccc1-c1noc(C(C)(C)CN)n1. The molecule has 0 unspecified atom stereocenters. The minimum absolute atomic E-state index is 0.284. The highest BCUT2D eigenvalue weighted by molar-refractivity contribution is 5.59. The molecule has 0 aliphatic rings. The molecule has 17 heavy (non-hydrogen) atoms. The van der Waals surface area contributed by atoms with Gasteiger partial charge in [0.25, 0.3) is 0 Å². The van der Waals surface area contributed by atoms with Gasteiger partial charge in [0, 0.05) is 12.1 Å². The van der Waals surface area contributed by atoms with Crippen molar-refractivity contribution in [3.05, 3.63) is 35.7 Å². The fourth-order valence-electron chi connectivity index (χ4n) is 1.52. The summed E-state index contributed by atoms with van der Waals surface area (Å²) in [4.78, 5) is 4.43. The zero-order valence-electron chi connectivity index (χ0n) is 10.4. The standard InChI is InChI=1S/C13H17N3O/c1-9-6-4-5-7-10(9)11-15-12(17-16-11)13(2,3)8-14/h4-7H,8,14H2,1-3H3. The molecule has 0 saturated heterocycles. The molecule has 1 aromatic carbocycles. The second-order valence-electron chi connectivity index (χ2n) is 4.83. The molecule has 4 heteroatoms. The van der Waals surface area contributed by atoms with E-state index in [0.29, 0.717) is 18.3 Å². The smallest absolute Gasteiger partial charge is 0.233 e. The van der Waals surface area contributed by atoms with Crippen LogP contribution in [0.3, 0.4) is 0 Å². The highest BCUT2D eigenvalue weighted by Crippen LogP contribution is 2.25. The quantitative estimate of drug-likeness (QED) is 0.880. The molecule has 1 aromatic heterocycles. The van der Waals surface area contributed by atoms with Gasteiger partial charge in [-0.05, 0) is 26.3 Å². The maximum Gasteiger partial charge on any atom is 0.233 e. The van der Waals surface area contributed by atoms with E-state index in [1.54, 1.807) is 0 Å². The summed E-state index contributed by atoms with van der Waals surface area (Å²) in [7, 11) is 0. The van der Waals surface area contributed by atoms with E-state index in [1.807, 2.05) is 45.0 Å². The number of nitrogens with two attached hydrogens (primary N) is 1. The van der Waals surface area contributed by atoms with Gasteiger partial charge in [-0.3, -0.25) is 0 Å². The molecule has 0 aliphatic carbocycles. The van der Waals surface area contributed by atoms with E-state index >= 15 is 0 Å². The molecule has 2 N–H and O–H groups in total. The van der Waals surface area contributed by atoms with Crippen molar-refractivity contribution in [3.63, 3.8) is 0 Å².